The number of aryl methyl sites for hydroxylation is 2. The molecule has 4 heteroatoms. The lowest BCUT2D eigenvalue weighted by molar-refractivity contribution is 0.655. The number of halogens is 1. The molecule has 90 valence electrons. The minimum Gasteiger partial charge on any atom is -0.307 e. The van der Waals surface area contributed by atoms with Gasteiger partial charge in [-0.3, -0.25) is 4.68 Å². The van der Waals surface area contributed by atoms with Gasteiger partial charge in [-0.25, -0.2) is 0 Å². The highest BCUT2D eigenvalue weighted by atomic mass is 35.5. The van der Waals surface area contributed by atoms with Crippen LogP contribution < -0.4 is 5.32 Å². The van der Waals surface area contributed by atoms with Crippen LogP contribution in [0.4, 0.5) is 0 Å². The van der Waals surface area contributed by atoms with E-state index in [4.69, 9.17) is 11.6 Å². The Balaban J connectivity index is 1.90. The zero-order chi connectivity index (χ0) is 12.3. The van der Waals surface area contributed by atoms with Crippen LogP contribution in [0.1, 0.15) is 16.8 Å². The van der Waals surface area contributed by atoms with Crippen molar-refractivity contribution in [2.75, 3.05) is 0 Å². The van der Waals surface area contributed by atoms with E-state index in [0.717, 1.165) is 23.8 Å². The van der Waals surface area contributed by atoms with E-state index in [1.54, 1.807) is 0 Å². The van der Waals surface area contributed by atoms with E-state index in [9.17, 15) is 0 Å². The Morgan fingerprint density at radius 2 is 2.12 bits per heavy atom. The van der Waals surface area contributed by atoms with Crippen LogP contribution >= 0.6 is 11.6 Å². The summed E-state index contributed by atoms with van der Waals surface area (Å²) in [7, 11) is 1.92. The fourth-order valence-electron chi connectivity index (χ4n) is 1.74. The molecule has 0 spiro atoms. The summed E-state index contributed by atoms with van der Waals surface area (Å²) in [6, 6.07) is 7.98. The molecule has 17 heavy (non-hydrogen) atoms. The maximum Gasteiger partial charge on any atom is 0.0762 e. The average Bonchev–Trinajstić information content (AvgIpc) is 2.68. The molecular weight excluding hydrogens is 234 g/mol. The van der Waals surface area contributed by atoms with Crippen molar-refractivity contribution in [1.82, 2.24) is 15.1 Å². The van der Waals surface area contributed by atoms with Gasteiger partial charge in [0.05, 0.1) is 5.69 Å². The van der Waals surface area contributed by atoms with Gasteiger partial charge in [0, 0.05) is 31.4 Å². The lowest BCUT2D eigenvalue weighted by Crippen LogP contribution is -2.14. The minimum atomic E-state index is 0.781. The van der Waals surface area contributed by atoms with Crippen LogP contribution in [0.25, 0.3) is 0 Å². The van der Waals surface area contributed by atoms with Gasteiger partial charge < -0.3 is 5.32 Å². The molecule has 0 amide bonds. The second-order valence-electron chi connectivity index (χ2n) is 4.16. The van der Waals surface area contributed by atoms with Crippen molar-refractivity contribution in [3.8, 4) is 0 Å². The van der Waals surface area contributed by atoms with Crippen LogP contribution in [0.2, 0.25) is 5.02 Å². The van der Waals surface area contributed by atoms with E-state index in [-0.39, 0.29) is 0 Å². The van der Waals surface area contributed by atoms with Crippen LogP contribution in [0, 0.1) is 6.92 Å². The summed E-state index contributed by atoms with van der Waals surface area (Å²) >= 11 is 5.92. The first-order valence-electron chi connectivity index (χ1n) is 5.59. The zero-order valence-corrected chi connectivity index (χ0v) is 10.8. The van der Waals surface area contributed by atoms with Crippen molar-refractivity contribution >= 4 is 11.6 Å². The van der Waals surface area contributed by atoms with Gasteiger partial charge in [-0.05, 0) is 36.2 Å². The topological polar surface area (TPSA) is 29.9 Å². The third-order valence-corrected chi connectivity index (χ3v) is 2.93. The highest BCUT2D eigenvalue weighted by Gasteiger charge is 2.00. The van der Waals surface area contributed by atoms with E-state index in [1.807, 2.05) is 36.1 Å². The molecule has 0 saturated carbocycles. The smallest absolute Gasteiger partial charge is 0.0762 e. The Morgan fingerprint density at radius 1 is 1.29 bits per heavy atom. The number of nitrogens with one attached hydrogen (secondary N) is 1. The molecule has 2 rings (SSSR count). The molecule has 1 heterocycles. The molecule has 3 nitrogen and oxygen atoms in total. The summed E-state index contributed by atoms with van der Waals surface area (Å²) in [5, 5.41) is 8.47. The summed E-state index contributed by atoms with van der Waals surface area (Å²) in [5.41, 5.74) is 3.54. The first kappa shape index (κ1) is 12.1. The maximum absolute atomic E-state index is 5.92. The lowest BCUT2D eigenvalue weighted by Gasteiger charge is -2.07. The Bertz CT molecular complexity index is 505. The SMILES string of the molecule is Cc1cc(Cl)ccc1CNCc1ccn(C)n1. The van der Waals surface area contributed by atoms with Crippen molar-refractivity contribution in [3.63, 3.8) is 0 Å². The summed E-state index contributed by atoms with van der Waals surface area (Å²) < 4.78 is 1.81. The molecule has 0 aliphatic carbocycles. The maximum atomic E-state index is 5.92. The molecule has 0 radical (unpaired) electrons. The van der Waals surface area contributed by atoms with Gasteiger partial charge in [0.15, 0.2) is 0 Å². The summed E-state index contributed by atoms with van der Waals surface area (Å²) in [6.07, 6.45) is 1.95. The average molecular weight is 250 g/mol. The van der Waals surface area contributed by atoms with Crippen molar-refractivity contribution in [2.45, 2.75) is 20.0 Å². The molecule has 0 saturated heterocycles. The van der Waals surface area contributed by atoms with Gasteiger partial charge >= 0.3 is 0 Å². The quantitative estimate of drug-likeness (QED) is 0.903. The predicted molar refractivity (Wildman–Crippen MR) is 69.9 cm³/mol. The molecule has 0 fully saturated rings. The van der Waals surface area contributed by atoms with Crippen LogP contribution in [0.3, 0.4) is 0 Å². The first-order chi connectivity index (χ1) is 8.15. The lowest BCUT2D eigenvalue weighted by atomic mass is 10.1. The van der Waals surface area contributed by atoms with E-state index in [1.165, 1.54) is 11.1 Å². The highest BCUT2D eigenvalue weighted by molar-refractivity contribution is 6.30. The number of aromatic nitrogens is 2. The normalized spacial score (nSPS) is 10.8. The molecule has 0 unspecified atom stereocenters. The van der Waals surface area contributed by atoms with Gasteiger partial charge in [0.1, 0.15) is 0 Å². The van der Waals surface area contributed by atoms with Crippen molar-refractivity contribution in [1.29, 1.82) is 0 Å². The number of benzene rings is 1. The van der Waals surface area contributed by atoms with Crippen LogP contribution in [-0.4, -0.2) is 9.78 Å². The molecule has 1 aromatic heterocycles. The zero-order valence-electron chi connectivity index (χ0n) is 10.1. The Labute approximate surface area is 106 Å². The fraction of sp³-hybridized carbons (Fsp3) is 0.308. The summed E-state index contributed by atoms with van der Waals surface area (Å²) in [5.74, 6) is 0. The molecule has 1 N–H and O–H groups in total. The molecular formula is C13H16ClN3. The second-order valence-corrected chi connectivity index (χ2v) is 4.59. The van der Waals surface area contributed by atoms with E-state index < -0.39 is 0 Å². The predicted octanol–water partition coefficient (Wildman–Crippen LogP) is 2.67. The first-order valence-corrected chi connectivity index (χ1v) is 5.97. The molecule has 1 aromatic carbocycles. The Kier molecular flexibility index (Phi) is 3.82. The van der Waals surface area contributed by atoms with Gasteiger partial charge in [-0.1, -0.05) is 17.7 Å². The van der Waals surface area contributed by atoms with Crippen LogP contribution in [0.15, 0.2) is 30.5 Å². The van der Waals surface area contributed by atoms with Crippen molar-refractivity contribution in [2.24, 2.45) is 7.05 Å². The molecule has 2 aromatic rings. The molecule has 0 atom stereocenters. The Morgan fingerprint density at radius 3 is 2.76 bits per heavy atom. The molecule has 0 aliphatic rings. The number of hydrogen-bond donors (Lipinski definition) is 1. The number of hydrogen-bond acceptors (Lipinski definition) is 2. The monoisotopic (exact) mass is 249 g/mol. The number of nitrogens with zero attached hydrogens (tertiary/aromatic N) is 2. The fourth-order valence-corrected chi connectivity index (χ4v) is 1.97. The Hall–Kier alpha value is -1.32. The largest absolute Gasteiger partial charge is 0.307 e. The summed E-state index contributed by atoms with van der Waals surface area (Å²) in [6.45, 7) is 3.69. The van der Waals surface area contributed by atoms with Crippen molar-refractivity contribution < 1.29 is 0 Å². The molecule has 0 aliphatic heterocycles. The third-order valence-electron chi connectivity index (χ3n) is 2.70. The summed E-state index contributed by atoms with van der Waals surface area (Å²) in [4.78, 5) is 0. The minimum absolute atomic E-state index is 0.781. The van der Waals surface area contributed by atoms with Gasteiger partial charge in [0.2, 0.25) is 0 Å². The number of rotatable bonds is 4. The highest BCUT2D eigenvalue weighted by Crippen LogP contribution is 2.14. The van der Waals surface area contributed by atoms with Crippen LogP contribution in [-0.2, 0) is 20.1 Å². The third kappa shape index (κ3) is 3.32. The van der Waals surface area contributed by atoms with Gasteiger partial charge in [-0.15, -0.1) is 0 Å². The van der Waals surface area contributed by atoms with E-state index in [2.05, 4.69) is 23.4 Å². The van der Waals surface area contributed by atoms with Gasteiger partial charge in [-0.2, -0.15) is 5.10 Å². The molecule has 0 bridgehead atoms. The van der Waals surface area contributed by atoms with Crippen molar-refractivity contribution in [3.05, 3.63) is 52.3 Å². The second kappa shape index (κ2) is 5.34. The standard InChI is InChI=1S/C13H16ClN3/c1-10-7-12(14)4-3-11(10)8-15-9-13-5-6-17(2)16-13/h3-7,15H,8-9H2,1-2H3. The van der Waals surface area contributed by atoms with E-state index in [0.29, 0.717) is 0 Å². The van der Waals surface area contributed by atoms with Crippen LogP contribution in [0.5, 0.6) is 0 Å². The van der Waals surface area contributed by atoms with Gasteiger partial charge in [0.25, 0.3) is 0 Å². The van der Waals surface area contributed by atoms with E-state index >= 15 is 0 Å².